The van der Waals surface area contributed by atoms with Crippen LogP contribution in [0.4, 0.5) is 15.9 Å². The summed E-state index contributed by atoms with van der Waals surface area (Å²) in [5.74, 6) is -0.662. The van der Waals surface area contributed by atoms with Crippen molar-refractivity contribution in [2.24, 2.45) is 0 Å². The quantitative estimate of drug-likeness (QED) is 0.441. The van der Waals surface area contributed by atoms with E-state index in [1.54, 1.807) is 31.2 Å². The SMILES string of the molecule is Cc1ncc(C(=O)N(Cc2ccc3cc(Cl)c(N)nc3c2)c2ccc(F)cc2S(C)(=O)=O)cn1. The molecule has 4 aromatic rings. The highest BCUT2D eigenvalue weighted by atomic mass is 35.5. The molecule has 4 rings (SSSR count). The van der Waals surface area contributed by atoms with Crippen LogP contribution in [-0.2, 0) is 16.4 Å². The summed E-state index contributed by atoms with van der Waals surface area (Å²) in [6, 6.07) is 10.2. The molecule has 174 valence electrons. The van der Waals surface area contributed by atoms with Gasteiger partial charge in [0.25, 0.3) is 5.91 Å². The molecule has 8 nitrogen and oxygen atoms in total. The van der Waals surface area contributed by atoms with Crippen LogP contribution in [0.1, 0.15) is 21.7 Å². The summed E-state index contributed by atoms with van der Waals surface area (Å²) >= 11 is 6.05. The Balaban J connectivity index is 1.85. The average Bonchev–Trinajstić information content (AvgIpc) is 2.78. The van der Waals surface area contributed by atoms with Crippen molar-refractivity contribution < 1.29 is 17.6 Å². The number of hydrogen-bond acceptors (Lipinski definition) is 7. The molecular formula is C23H19ClFN5O3S. The maximum Gasteiger partial charge on any atom is 0.261 e. The largest absolute Gasteiger partial charge is 0.382 e. The molecule has 0 unspecified atom stereocenters. The van der Waals surface area contributed by atoms with Gasteiger partial charge in [-0.25, -0.2) is 27.8 Å². The van der Waals surface area contributed by atoms with Crippen LogP contribution in [0.3, 0.4) is 0 Å². The van der Waals surface area contributed by atoms with E-state index in [2.05, 4.69) is 15.0 Å². The van der Waals surface area contributed by atoms with Crippen LogP contribution < -0.4 is 10.6 Å². The summed E-state index contributed by atoms with van der Waals surface area (Å²) in [6.07, 6.45) is 3.66. The lowest BCUT2D eigenvalue weighted by molar-refractivity contribution is 0.0984. The second kappa shape index (κ2) is 8.96. The molecule has 2 aromatic heterocycles. The average molecular weight is 500 g/mol. The lowest BCUT2D eigenvalue weighted by atomic mass is 10.1. The van der Waals surface area contributed by atoms with Crippen molar-refractivity contribution in [3.8, 4) is 0 Å². The number of aromatic nitrogens is 3. The first-order chi connectivity index (χ1) is 16.0. The fourth-order valence-corrected chi connectivity index (χ4v) is 4.46. The summed E-state index contributed by atoms with van der Waals surface area (Å²) in [4.78, 5) is 26.8. The molecule has 0 aliphatic carbocycles. The van der Waals surface area contributed by atoms with Crippen molar-refractivity contribution in [2.75, 3.05) is 16.9 Å². The van der Waals surface area contributed by atoms with Gasteiger partial charge in [0.2, 0.25) is 0 Å². The molecule has 0 aliphatic heterocycles. The summed E-state index contributed by atoms with van der Waals surface area (Å²) in [7, 11) is -3.87. The Kier molecular flexibility index (Phi) is 6.20. The number of rotatable bonds is 5. The minimum absolute atomic E-state index is 0.0261. The Labute approximate surface area is 200 Å². The molecule has 0 saturated carbocycles. The molecule has 0 saturated heterocycles. The van der Waals surface area contributed by atoms with Crippen LogP contribution in [0.25, 0.3) is 10.9 Å². The highest BCUT2D eigenvalue weighted by molar-refractivity contribution is 7.90. The second-order valence-electron chi connectivity index (χ2n) is 7.68. The molecule has 0 spiro atoms. The predicted octanol–water partition coefficient (Wildman–Crippen LogP) is 3.96. The van der Waals surface area contributed by atoms with Gasteiger partial charge in [-0.05, 0) is 42.8 Å². The third-order valence-corrected chi connectivity index (χ3v) is 6.52. The molecule has 34 heavy (non-hydrogen) atoms. The normalized spacial score (nSPS) is 11.5. The second-order valence-corrected chi connectivity index (χ2v) is 10.1. The fourth-order valence-electron chi connectivity index (χ4n) is 3.42. The van der Waals surface area contributed by atoms with Gasteiger partial charge in [-0.15, -0.1) is 0 Å². The minimum atomic E-state index is -3.87. The standard InChI is InChI=1S/C23H19ClFN5O3S/c1-13-27-10-16(11-28-13)23(31)30(20-6-5-17(25)9-21(20)34(2,32)33)12-14-3-4-15-8-18(24)22(26)29-19(15)7-14/h3-11H,12H2,1-2H3,(H2,26,29). The number of fused-ring (bicyclic) bond motifs is 1. The number of carbonyl (C=O) groups excluding carboxylic acids is 1. The number of sulfone groups is 1. The van der Waals surface area contributed by atoms with Crippen molar-refractivity contribution in [2.45, 2.75) is 18.4 Å². The summed E-state index contributed by atoms with van der Waals surface area (Å²) in [6.45, 7) is 1.63. The maximum absolute atomic E-state index is 14.0. The molecule has 11 heteroatoms. The molecule has 0 bridgehead atoms. The highest BCUT2D eigenvalue weighted by Crippen LogP contribution is 2.30. The van der Waals surface area contributed by atoms with Crippen LogP contribution in [0, 0.1) is 12.7 Å². The predicted molar refractivity (Wildman–Crippen MR) is 128 cm³/mol. The number of pyridine rings is 1. The minimum Gasteiger partial charge on any atom is -0.382 e. The van der Waals surface area contributed by atoms with E-state index in [-0.39, 0.29) is 28.5 Å². The molecule has 0 fully saturated rings. The maximum atomic E-state index is 14.0. The topological polar surface area (TPSA) is 119 Å². The van der Waals surface area contributed by atoms with Crippen LogP contribution in [-0.4, -0.2) is 35.5 Å². The number of anilines is 2. The van der Waals surface area contributed by atoms with Crippen LogP contribution in [0.2, 0.25) is 5.02 Å². The summed E-state index contributed by atoms with van der Waals surface area (Å²) in [5, 5.41) is 1.06. The van der Waals surface area contributed by atoms with E-state index in [9.17, 15) is 17.6 Å². The Morgan fingerprint density at radius 2 is 1.82 bits per heavy atom. The zero-order valence-electron chi connectivity index (χ0n) is 18.2. The van der Waals surface area contributed by atoms with E-state index in [4.69, 9.17) is 17.3 Å². The van der Waals surface area contributed by atoms with E-state index in [0.29, 0.717) is 21.9 Å². The zero-order chi connectivity index (χ0) is 24.6. The van der Waals surface area contributed by atoms with Gasteiger partial charge in [0, 0.05) is 24.0 Å². The van der Waals surface area contributed by atoms with Crippen LogP contribution in [0.15, 0.2) is 59.8 Å². The molecule has 2 N–H and O–H groups in total. The number of nitrogens with zero attached hydrogens (tertiary/aromatic N) is 4. The Hall–Kier alpha value is -3.63. The van der Waals surface area contributed by atoms with Crippen molar-refractivity contribution in [1.82, 2.24) is 15.0 Å². The fraction of sp³-hybridized carbons (Fsp3) is 0.130. The first kappa shape index (κ1) is 23.5. The van der Waals surface area contributed by atoms with Gasteiger partial charge in [-0.3, -0.25) is 4.79 Å². The van der Waals surface area contributed by atoms with E-state index in [1.165, 1.54) is 23.4 Å². The monoisotopic (exact) mass is 499 g/mol. The first-order valence-electron chi connectivity index (χ1n) is 9.98. The summed E-state index contributed by atoms with van der Waals surface area (Å²) in [5.41, 5.74) is 7.17. The smallest absolute Gasteiger partial charge is 0.261 e. The number of hydrogen-bond donors (Lipinski definition) is 1. The van der Waals surface area contributed by atoms with E-state index in [1.807, 2.05) is 0 Å². The van der Waals surface area contributed by atoms with Gasteiger partial charge < -0.3 is 10.6 Å². The number of nitrogen functional groups attached to an aromatic ring is 1. The van der Waals surface area contributed by atoms with Gasteiger partial charge in [-0.1, -0.05) is 23.7 Å². The van der Waals surface area contributed by atoms with Crippen molar-refractivity contribution in [3.05, 3.63) is 82.6 Å². The molecular weight excluding hydrogens is 481 g/mol. The third-order valence-electron chi connectivity index (χ3n) is 5.09. The Morgan fingerprint density at radius 1 is 1.12 bits per heavy atom. The van der Waals surface area contributed by atoms with Gasteiger partial charge in [0.15, 0.2) is 9.84 Å². The Bertz CT molecular complexity index is 1530. The number of aryl methyl sites for hydroxylation is 1. The van der Waals surface area contributed by atoms with Crippen molar-refractivity contribution >= 4 is 49.8 Å². The molecule has 0 radical (unpaired) electrons. The van der Waals surface area contributed by atoms with E-state index in [0.717, 1.165) is 23.8 Å². The lowest BCUT2D eigenvalue weighted by Gasteiger charge is -2.25. The number of amides is 1. The van der Waals surface area contributed by atoms with Crippen LogP contribution >= 0.6 is 11.6 Å². The molecule has 0 aliphatic rings. The number of nitrogens with two attached hydrogens (primary N) is 1. The first-order valence-corrected chi connectivity index (χ1v) is 12.2. The third kappa shape index (κ3) is 4.82. The van der Waals surface area contributed by atoms with Crippen molar-refractivity contribution in [1.29, 1.82) is 0 Å². The van der Waals surface area contributed by atoms with Crippen molar-refractivity contribution in [3.63, 3.8) is 0 Å². The van der Waals surface area contributed by atoms with Gasteiger partial charge >= 0.3 is 0 Å². The number of benzene rings is 2. The van der Waals surface area contributed by atoms with E-state index < -0.39 is 21.6 Å². The zero-order valence-corrected chi connectivity index (χ0v) is 19.7. The number of carbonyl (C=O) groups is 1. The summed E-state index contributed by atoms with van der Waals surface area (Å²) < 4.78 is 38.9. The van der Waals surface area contributed by atoms with Gasteiger partial charge in [0.1, 0.15) is 17.5 Å². The van der Waals surface area contributed by atoms with Gasteiger partial charge in [0.05, 0.1) is 33.2 Å². The molecule has 0 atom stereocenters. The Morgan fingerprint density at radius 3 is 2.50 bits per heavy atom. The van der Waals surface area contributed by atoms with E-state index >= 15 is 0 Å². The van der Waals surface area contributed by atoms with Crippen LogP contribution in [0.5, 0.6) is 0 Å². The molecule has 1 amide bonds. The molecule has 2 aromatic carbocycles. The molecule has 2 heterocycles. The highest BCUT2D eigenvalue weighted by Gasteiger charge is 2.26. The van der Waals surface area contributed by atoms with Gasteiger partial charge in [-0.2, -0.15) is 0 Å². The lowest BCUT2D eigenvalue weighted by Crippen LogP contribution is -2.32. The number of halogens is 2.